The fourth-order valence-electron chi connectivity index (χ4n) is 1.96. The summed E-state index contributed by atoms with van der Waals surface area (Å²) in [6.45, 7) is 0.604. The van der Waals surface area contributed by atoms with Crippen LogP contribution in [0.15, 0.2) is 42.7 Å². The molecule has 2 rings (SSSR count). The fourth-order valence-corrected chi connectivity index (χ4v) is 1.96. The lowest BCUT2D eigenvalue weighted by Crippen LogP contribution is -2.10. The number of nitrogens with zero attached hydrogens (tertiary/aromatic N) is 1. The van der Waals surface area contributed by atoms with Gasteiger partial charge in [0.05, 0.1) is 24.6 Å². The summed E-state index contributed by atoms with van der Waals surface area (Å²) in [5.74, 6) is -0.133. The van der Waals surface area contributed by atoms with E-state index in [-0.39, 0.29) is 5.56 Å². The topological polar surface area (TPSA) is 71.5 Å². The monoisotopic (exact) mass is 272 g/mol. The van der Waals surface area contributed by atoms with Gasteiger partial charge in [-0.15, -0.1) is 0 Å². The number of anilines is 1. The van der Waals surface area contributed by atoms with Crippen molar-refractivity contribution in [3.8, 4) is 5.75 Å². The number of carboxylic acid groups (broad SMARTS) is 1. The average molecular weight is 272 g/mol. The fraction of sp³-hybridized carbons (Fsp3) is 0.200. The molecule has 0 fully saturated rings. The van der Waals surface area contributed by atoms with Gasteiger partial charge in [0, 0.05) is 12.7 Å². The number of aromatic carboxylic acids is 1. The molecule has 1 aromatic heterocycles. The first-order chi connectivity index (χ1) is 9.72. The van der Waals surface area contributed by atoms with Crippen molar-refractivity contribution in [3.63, 3.8) is 0 Å². The van der Waals surface area contributed by atoms with E-state index < -0.39 is 5.97 Å². The molecule has 2 N–H and O–H groups in total. The Bertz CT molecular complexity index is 599. The number of nitrogens with one attached hydrogen (secondary N) is 1. The smallest absolute Gasteiger partial charge is 0.337 e. The van der Waals surface area contributed by atoms with Crippen LogP contribution < -0.4 is 10.1 Å². The summed E-state index contributed by atoms with van der Waals surface area (Å²) in [6.07, 6.45) is 3.72. The first kappa shape index (κ1) is 13.9. The van der Waals surface area contributed by atoms with Crippen LogP contribution in [-0.4, -0.2) is 29.7 Å². The van der Waals surface area contributed by atoms with E-state index in [1.807, 2.05) is 24.3 Å². The van der Waals surface area contributed by atoms with Crippen molar-refractivity contribution in [2.75, 3.05) is 19.0 Å². The van der Waals surface area contributed by atoms with Crippen LogP contribution >= 0.6 is 0 Å². The van der Waals surface area contributed by atoms with Gasteiger partial charge < -0.3 is 15.2 Å². The number of aromatic nitrogens is 1. The molecule has 0 aliphatic carbocycles. The number of para-hydroxylation sites is 1. The third kappa shape index (κ3) is 3.26. The lowest BCUT2D eigenvalue weighted by atomic mass is 10.1. The van der Waals surface area contributed by atoms with Gasteiger partial charge in [-0.3, -0.25) is 4.98 Å². The van der Waals surface area contributed by atoms with E-state index in [9.17, 15) is 4.79 Å². The van der Waals surface area contributed by atoms with E-state index in [2.05, 4.69) is 10.3 Å². The Morgan fingerprint density at radius 1 is 1.35 bits per heavy atom. The molecule has 0 saturated heterocycles. The average Bonchev–Trinajstić information content (AvgIpc) is 2.48. The highest BCUT2D eigenvalue weighted by Gasteiger charge is 2.09. The molecule has 0 amide bonds. The van der Waals surface area contributed by atoms with Crippen molar-refractivity contribution < 1.29 is 14.6 Å². The van der Waals surface area contributed by atoms with Gasteiger partial charge in [0.1, 0.15) is 5.75 Å². The minimum atomic E-state index is -0.966. The standard InChI is InChI=1S/C15H16N2O3/c1-20-14-5-3-2-4-11(14)6-9-17-13-10-16-8-7-12(13)15(18)19/h2-5,7-8,10,17H,6,9H2,1H3,(H,18,19). The van der Waals surface area contributed by atoms with Crippen LogP contribution in [0.3, 0.4) is 0 Å². The molecule has 2 aromatic rings. The molecule has 0 aliphatic heterocycles. The summed E-state index contributed by atoms with van der Waals surface area (Å²) in [5, 5.41) is 12.2. The molecule has 0 aliphatic rings. The molecule has 1 heterocycles. The van der Waals surface area contributed by atoms with Gasteiger partial charge in [0.25, 0.3) is 0 Å². The van der Waals surface area contributed by atoms with Gasteiger partial charge in [-0.1, -0.05) is 18.2 Å². The van der Waals surface area contributed by atoms with Gasteiger partial charge in [-0.05, 0) is 24.1 Å². The maximum atomic E-state index is 11.1. The van der Waals surface area contributed by atoms with Crippen molar-refractivity contribution in [3.05, 3.63) is 53.9 Å². The number of benzene rings is 1. The van der Waals surface area contributed by atoms with Gasteiger partial charge in [0.15, 0.2) is 0 Å². The minimum Gasteiger partial charge on any atom is -0.496 e. The van der Waals surface area contributed by atoms with Crippen LogP contribution in [0.1, 0.15) is 15.9 Å². The maximum absolute atomic E-state index is 11.1. The SMILES string of the molecule is COc1ccccc1CCNc1cnccc1C(=O)O. The highest BCUT2D eigenvalue weighted by molar-refractivity contribution is 5.93. The second-order valence-corrected chi connectivity index (χ2v) is 4.22. The third-order valence-corrected chi connectivity index (χ3v) is 2.95. The molecule has 0 radical (unpaired) electrons. The van der Waals surface area contributed by atoms with Crippen LogP contribution in [-0.2, 0) is 6.42 Å². The lowest BCUT2D eigenvalue weighted by molar-refractivity contribution is 0.0698. The van der Waals surface area contributed by atoms with Crippen LogP contribution in [0.5, 0.6) is 5.75 Å². The van der Waals surface area contributed by atoms with E-state index in [0.717, 1.165) is 17.7 Å². The van der Waals surface area contributed by atoms with Crippen LogP contribution in [0.4, 0.5) is 5.69 Å². The van der Waals surface area contributed by atoms with Crippen LogP contribution in [0.2, 0.25) is 0 Å². The number of hydrogen-bond donors (Lipinski definition) is 2. The number of carboxylic acids is 1. The zero-order valence-corrected chi connectivity index (χ0v) is 11.2. The van der Waals surface area contributed by atoms with E-state index in [1.165, 1.54) is 18.5 Å². The molecule has 104 valence electrons. The van der Waals surface area contributed by atoms with Crippen LogP contribution in [0.25, 0.3) is 0 Å². The largest absolute Gasteiger partial charge is 0.496 e. The summed E-state index contributed by atoms with van der Waals surface area (Å²) in [5.41, 5.74) is 1.82. The molecular weight excluding hydrogens is 256 g/mol. The quantitative estimate of drug-likeness (QED) is 0.845. The molecule has 5 nitrogen and oxygen atoms in total. The Balaban J connectivity index is 2.01. The highest BCUT2D eigenvalue weighted by Crippen LogP contribution is 2.18. The molecular formula is C15H16N2O3. The van der Waals surface area contributed by atoms with E-state index in [4.69, 9.17) is 9.84 Å². The Hall–Kier alpha value is -2.56. The van der Waals surface area contributed by atoms with Crippen molar-refractivity contribution >= 4 is 11.7 Å². The Labute approximate surface area is 117 Å². The summed E-state index contributed by atoms with van der Waals surface area (Å²) in [7, 11) is 1.63. The summed E-state index contributed by atoms with van der Waals surface area (Å²) >= 11 is 0. The predicted molar refractivity (Wildman–Crippen MR) is 76.4 cm³/mol. The van der Waals surface area contributed by atoms with E-state index >= 15 is 0 Å². The summed E-state index contributed by atoms with van der Waals surface area (Å²) in [6, 6.07) is 9.24. The number of methoxy groups -OCH3 is 1. The number of ether oxygens (including phenoxy) is 1. The number of pyridine rings is 1. The Morgan fingerprint density at radius 2 is 2.15 bits per heavy atom. The molecule has 0 unspecified atom stereocenters. The third-order valence-electron chi connectivity index (χ3n) is 2.95. The van der Waals surface area contributed by atoms with Crippen molar-refractivity contribution in [2.24, 2.45) is 0 Å². The normalized spacial score (nSPS) is 10.1. The number of carbonyl (C=O) groups is 1. The molecule has 0 saturated carbocycles. The van der Waals surface area contributed by atoms with Gasteiger partial charge in [-0.2, -0.15) is 0 Å². The molecule has 0 atom stereocenters. The van der Waals surface area contributed by atoms with Crippen molar-refractivity contribution in [1.29, 1.82) is 0 Å². The molecule has 5 heteroatoms. The van der Waals surface area contributed by atoms with Crippen molar-refractivity contribution in [2.45, 2.75) is 6.42 Å². The van der Waals surface area contributed by atoms with E-state index in [0.29, 0.717) is 12.2 Å². The molecule has 20 heavy (non-hydrogen) atoms. The summed E-state index contributed by atoms with van der Waals surface area (Å²) in [4.78, 5) is 15.0. The zero-order valence-electron chi connectivity index (χ0n) is 11.2. The molecule has 1 aromatic carbocycles. The zero-order chi connectivity index (χ0) is 14.4. The second-order valence-electron chi connectivity index (χ2n) is 4.22. The Morgan fingerprint density at radius 3 is 2.90 bits per heavy atom. The number of hydrogen-bond acceptors (Lipinski definition) is 4. The summed E-state index contributed by atoms with van der Waals surface area (Å²) < 4.78 is 5.28. The van der Waals surface area contributed by atoms with Gasteiger partial charge >= 0.3 is 5.97 Å². The first-order valence-corrected chi connectivity index (χ1v) is 6.25. The van der Waals surface area contributed by atoms with Gasteiger partial charge in [0.2, 0.25) is 0 Å². The maximum Gasteiger partial charge on any atom is 0.337 e. The number of rotatable bonds is 6. The highest BCUT2D eigenvalue weighted by atomic mass is 16.5. The van der Waals surface area contributed by atoms with E-state index in [1.54, 1.807) is 7.11 Å². The van der Waals surface area contributed by atoms with Crippen LogP contribution in [0, 0.1) is 0 Å². The van der Waals surface area contributed by atoms with Crippen molar-refractivity contribution in [1.82, 2.24) is 4.98 Å². The second kappa shape index (κ2) is 6.56. The first-order valence-electron chi connectivity index (χ1n) is 6.25. The minimum absolute atomic E-state index is 0.222. The predicted octanol–water partition coefficient (Wildman–Crippen LogP) is 2.44. The molecule has 0 bridgehead atoms. The van der Waals surface area contributed by atoms with Gasteiger partial charge in [-0.25, -0.2) is 4.79 Å². The molecule has 0 spiro atoms. The Kier molecular flexibility index (Phi) is 4.55. The lowest BCUT2D eigenvalue weighted by Gasteiger charge is -2.11.